The van der Waals surface area contributed by atoms with Crippen LogP contribution in [0.25, 0.3) is 0 Å². The van der Waals surface area contributed by atoms with Crippen LogP contribution in [0.3, 0.4) is 0 Å². The summed E-state index contributed by atoms with van der Waals surface area (Å²) >= 11 is 0. The van der Waals surface area contributed by atoms with Gasteiger partial charge in [0, 0.05) is 0 Å². The number of hydrogen-bond acceptors (Lipinski definition) is 3. The Kier molecular flexibility index (Phi) is 2.37. The van der Waals surface area contributed by atoms with E-state index in [1.807, 2.05) is 51.1 Å². The molecule has 1 aromatic rings. The molecule has 0 saturated carbocycles. The van der Waals surface area contributed by atoms with Gasteiger partial charge >= 0.3 is 0 Å². The first-order chi connectivity index (χ1) is 7.03. The van der Waals surface area contributed by atoms with E-state index in [1.54, 1.807) is 0 Å². The number of aliphatic imine (C=N–C) groups is 1. The van der Waals surface area contributed by atoms with Gasteiger partial charge in [-0.05, 0) is 26.3 Å². The van der Waals surface area contributed by atoms with Crippen molar-refractivity contribution >= 4 is 5.71 Å². The lowest BCUT2D eigenvalue weighted by atomic mass is 9.93. The fourth-order valence-electron chi connectivity index (χ4n) is 2.00. The zero-order valence-electron chi connectivity index (χ0n) is 9.31. The van der Waals surface area contributed by atoms with E-state index in [0.29, 0.717) is 0 Å². The van der Waals surface area contributed by atoms with Gasteiger partial charge < -0.3 is 5.21 Å². The van der Waals surface area contributed by atoms with Gasteiger partial charge in [0.05, 0.1) is 11.3 Å². The van der Waals surface area contributed by atoms with Gasteiger partial charge in [0.1, 0.15) is 6.17 Å². The first-order valence-electron chi connectivity index (χ1n) is 5.15. The average Bonchev–Trinajstić information content (AvgIpc) is 2.43. The molecule has 0 fully saturated rings. The van der Waals surface area contributed by atoms with Crippen molar-refractivity contribution in [3.05, 3.63) is 35.9 Å². The summed E-state index contributed by atoms with van der Waals surface area (Å²) in [4.78, 5) is 4.49. The maximum atomic E-state index is 9.88. The zero-order valence-corrected chi connectivity index (χ0v) is 9.31. The Morgan fingerprint density at radius 1 is 1.27 bits per heavy atom. The van der Waals surface area contributed by atoms with Crippen LogP contribution in [-0.2, 0) is 0 Å². The fraction of sp³-hybridized carbons (Fsp3) is 0.417. The normalized spacial score (nSPS) is 25.3. The van der Waals surface area contributed by atoms with Crippen LogP contribution in [0.5, 0.6) is 0 Å². The first kappa shape index (κ1) is 10.3. The first-order valence-corrected chi connectivity index (χ1v) is 5.15. The molecule has 1 aliphatic heterocycles. The Bertz CT molecular complexity index is 384. The molecule has 0 amide bonds. The lowest BCUT2D eigenvalue weighted by Gasteiger charge is -2.29. The molecule has 0 saturated heterocycles. The largest absolute Gasteiger partial charge is 0.311 e. The Hall–Kier alpha value is -1.19. The summed E-state index contributed by atoms with van der Waals surface area (Å²) in [6, 6.07) is 9.99. The van der Waals surface area contributed by atoms with E-state index in [9.17, 15) is 5.21 Å². The number of benzene rings is 1. The van der Waals surface area contributed by atoms with Crippen LogP contribution in [0, 0.1) is 0 Å². The molecule has 0 spiro atoms. The molecule has 1 aromatic carbocycles. The molecule has 1 aliphatic rings. The molecular weight excluding hydrogens is 188 g/mol. The molecule has 2 rings (SSSR count). The molecule has 0 aromatic heterocycles. The smallest absolute Gasteiger partial charge is 0.123 e. The minimum absolute atomic E-state index is 0.171. The second-order valence-electron chi connectivity index (χ2n) is 4.38. The number of nitrogens with zero attached hydrogens (tertiary/aromatic N) is 2. The van der Waals surface area contributed by atoms with Gasteiger partial charge in [-0.1, -0.05) is 30.3 Å². The van der Waals surface area contributed by atoms with Crippen LogP contribution in [0.2, 0.25) is 0 Å². The summed E-state index contributed by atoms with van der Waals surface area (Å²) in [6.45, 7) is 5.84. The van der Waals surface area contributed by atoms with Crippen molar-refractivity contribution in [3.8, 4) is 0 Å². The average molecular weight is 204 g/mol. The van der Waals surface area contributed by atoms with Crippen LogP contribution < -0.4 is 0 Å². The molecule has 0 radical (unpaired) electrons. The number of hydrogen-bond donors (Lipinski definition) is 1. The van der Waals surface area contributed by atoms with Crippen molar-refractivity contribution in [2.24, 2.45) is 4.99 Å². The summed E-state index contributed by atoms with van der Waals surface area (Å²) in [6.07, 6.45) is -0.171. The van der Waals surface area contributed by atoms with E-state index in [0.717, 1.165) is 11.3 Å². The Morgan fingerprint density at radius 2 is 1.87 bits per heavy atom. The van der Waals surface area contributed by atoms with Crippen molar-refractivity contribution in [2.75, 3.05) is 0 Å². The molecule has 0 bridgehead atoms. The lowest BCUT2D eigenvalue weighted by molar-refractivity contribution is -0.152. The lowest BCUT2D eigenvalue weighted by Crippen LogP contribution is -2.45. The van der Waals surface area contributed by atoms with Gasteiger partial charge in [-0.15, -0.1) is 0 Å². The molecule has 1 unspecified atom stereocenters. The van der Waals surface area contributed by atoms with E-state index in [-0.39, 0.29) is 6.17 Å². The Balaban J connectivity index is 2.43. The fourth-order valence-corrected chi connectivity index (χ4v) is 2.00. The van der Waals surface area contributed by atoms with Gasteiger partial charge in [-0.3, -0.25) is 4.99 Å². The standard InChI is InChI=1S/C12H16N2O/c1-9-13-11(12(2,3)14(9)15)10-7-5-4-6-8-10/h4-9,15H,1-3H3. The van der Waals surface area contributed by atoms with Crippen LogP contribution in [0.1, 0.15) is 26.3 Å². The SMILES string of the molecule is CC1N=C(c2ccccc2)C(C)(C)N1O. The van der Waals surface area contributed by atoms with Gasteiger partial charge in [-0.2, -0.15) is 5.06 Å². The molecule has 1 N–H and O–H groups in total. The highest BCUT2D eigenvalue weighted by molar-refractivity contribution is 6.07. The summed E-state index contributed by atoms with van der Waals surface area (Å²) < 4.78 is 0. The Labute approximate surface area is 90.0 Å². The van der Waals surface area contributed by atoms with Crippen LogP contribution in [0.15, 0.2) is 35.3 Å². The van der Waals surface area contributed by atoms with E-state index < -0.39 is 5.54 Å². The maximum Gasteiger partial charge on any atom is 0.123 e. The molecule has 3 heteroatoms. The van der Waals surface area contributed by atoms with Crippen LogP contribution >= 0.6 is 0 Å². The van der Waals surface area contributed by atoms with Gasteiger partial charge in [0.25, 0.3) is 0 Å². The van der Waals surface area contributed by atoms with Gasteiger partial charge in [0.15, 0.2) is 0 Å². The highest BCUT2D eigenvalue weighted by atomic mass is 16.5. The third kappa shape index (κ3) is 1.58. The van der Waals surface area contributed by atoms with E-state index in [1.165, 1.54) is 5.06 Å². The molecule has 3 nitrogen and oxygen atoms in total. The third-order valence-electron chi connectivity index (χ3n) is 2.87. The topological polar surface area (TPSA) is 35.8 Å². The van der Waals surface area contributed by atoms with E-state index >= 15 is 0 Å². The summed E-state index contributed by atoms with van der Waals surface area (Å²) in [5.41, 5.74) is 1.60. The molecule has 1 atom stereocenters. The number of hydroxylamine groups is 2. The summed E-state index contributed by atoms with van der Waals surface area (Å²) in [7, 11) is 0. The van der Waals surface area contributed by atoms with Crippen molar-refractivity contribution in [2.45, 2.75) is 32.5 Å². The van der Waals surface area contributed by atoms with Crippen molar-refractivity contribution in [3.63, 3.8) is 0 Å². The van der Waals surface area contributed by atoms with Crippen LogP contribution in [0.4, 0.5) is 0 Å². The third-order valence-corrected chi connectivity index (χ3v) is 2.87. The second-order valence-corrected chi connectivity index (χ2v) is 4.38. The van der Waals surface area contributed by atoms with Gasteiger partial charge in [0.2, 0.25) is 0 Å². The minimum Gasteiger partial charge on any atom is -0.311 e. The highest BCUT2D eigenvalue weighted by Gasteiger charge is 2.40. The molecule has 15 heavy (non-hydrogen) atoms. The highest BCUT2D eigenvalue weighted by Crippen LogP contribution is 2.28. The molecule has 1 heterocycles. The summed E-state index contributed by atoms with van der Waals surface area (Å²) in [5, 5.41) is 11.2. The molecular formula is C12H16N2O. The van der Waals surface area contributed by atoms with Crippen molar-refractivity contribution in [1.82, 2.24) is 5.06 Å². The summed E-state index contributed by atoms with van der Waals surface area (Å²) in [5.74, 6) is 0. The van der Waals surface area contributed by atoms with Gasteiger partial charge in [-0.25, -0.2) is 0 Å². The maximum absolute atomic E-state index is 9.88. The predicted octanol–water partition coefficient (Wildman–Crippen LogP) is 2.31. The number of rotatable bonds is 1. The minimum atomic E-state index is -0.416. The van der Waals surface area contributed by atoms with Crippen molar-refractivity contribution < 1.29 is 5.21 Å². The zero-order chi connectivity index (χ0) is 11.1. The van der Waals surface area contributed by atoms with Crippen LogP contribution in [-0.4, -0.2) is 27.7 Å². The predicted molar refractivity (Wildman–Crippen MR) is 60.1 cm³/mol. The molecule has 80 valence electrons. The monoisotopic (exact) mass is 204 g/mol. The van der Waals surface area contributed by atoms with E-state index in [2.05, 4.69) is 4.99 Å². The molecule has 0 aliphatic carbocycles. The Morgan fingerprint density at radius 3 is 2.33 bits per heavy atom. The second kappa shape index (κ2) is 3.43. The quantitative estimate of drug-likeness (QED) is 0.762. The van der Waals surface area contributed by atoms with Crippen molar-refractivity contribution in [1.29, 1.82) is 0 Å². The van der Waals surface area contributed by atoms with E-state index in [4.69, 9.17) is 0 Å².